The van der Waals surface area contributed by atoms with E-state index in [9.17, 15) is 24.9 Å². The quantitative estimate of drug-likeness (QED) is 0.0216. The summed E-state index contributed by atoms with van der Waals surface area (Å²) < 4.78 is 40.1. The third-order valence-corrected chi connectivity index (χ3v) is 12.1. The molecule has 0 saturated carbocycles. The van der Waals surface area contributed by atoms with Crippen LogP contribution >= 0.6 is 0 Å². The minimum Gasteiger partial charge on any atom is -0.494 e. The summed E-state index contributed by atoms with van der Waals surface area (Å²) in [6.07, 6.45) is 26.8. The Kier molecular flexibility index (Phi) is 23.1. The second kappa shape index (κ2) is 29.4. The minimum atomic E-state index is -1.40. The molecule has 0 radical (unpaired) electrons. The van der Waals surface area contributed by atoms with Gasteiger partial charge in [-0.05, 0) is 137 Å². The van der Waals surface area contributed by atoms with Crippen LogP contribution in [-0.2, 0) is 33.2 Å². The monoisotopic (exact) mass is 961 g/mol. The number of carbonyl (C=O) groups excluding carboxylic acids is 2. The highest BCUT2D eigenvalue weighted by Crippen LogP contribution is 2.38. The van der Waals surface area contributed by atoms with Crippen LogP contribution in [0.5, 0.6) is 5.75 Å². The van der Waals surface area contributed by atoms with E-state index in [-0.39, 0.29) is 30.1 Å². The number of rotatable bonds is 31. The zero-order valence-electron chi connectivity index (χ0n) is 40.9. The molecule has 70 heavy (non-hydrogen) atoms. The van der Waals surface area contributed by atoms with Crippen molar-refractivity contribution in [2.45, 2.75) is 115 Å². The molecule has 6 atom stereocenters. The van der Waals surface area contributed by atoms with Gasteiger partial charge in [0, 0.05) is 24.2 Å². The van der Waals surface area contributed by atoms with Gasteiger partial charge in [-0.2, -0.15) is 0 Å². The lowest BCUT2D eigenvalue weighted by Crippen LogP contribution is -2.36. The van der Waals surface area contributed by atoms with Gasteiger partial charge in [0.1, 0.15) is 17.3 Å². The molecule has 2 aromatic carbocycles. The van der Waals surface area contributed by atoms with Crippen molar-refractivity contribution in [3.8, 4) is 5.75 Å². The van der Waals surface area contributed by atoms with E-state index in [0.29, 0.717) is 50.4 Å². The third kappa shape index (κ3) is 18.1. The first-order valence-corrected chi connectivity index (χ1v) is 24.4. The number of benzene rings is 2. The van der Waals surface area contributed by atoms with E-state index in [2.05, 4.69) is 37.9 Å². The Morgan fingerprint density at radius 1 is 0.786 bits per heavy atom. The van der Waals surface area contributed by atoms with Gasteiger partial charge in [0.05, 0.1) is 43.5 Å². The van der Waals surface area contributed by atoms with Crippen molar-refractivity contribution in [3.05, 3.63) is 181 Å². The minimum absolute atomic E-state index is 0.0122. The Morgan fingerprint density at radius 3 is 2.16 bits per heavy atom. The van der Waals surface area contributed by atoms with Crippen LogP contribution in [-0.4, -0.2) is 85.3 Å². The Labute approximate surface area is 414 Å². The summed E-state index contributed by atoms with van der Waals surface area (Å²) >= 11 is 0. The van der Waals surface area contributed by atoms with Crippen LogP contribution in [0.4, 0.5) is 0 Å². The summed E-state index contributed by atoms with van der Waals surface area (Å²) in [6, 6.07) is 15.2. The lowest BCUT2D eigenvalue weighted by molar-refractivity contribution is -0.151. The zero-order valence-corrected chi connectivity index (χ0v) is 40.9. The van der Waals surface area contributed by atoms with E-state index in [4.69, 9.17) is 33.2 Å². The average Bonchev–Trinajstić information content (AvgIpc) is 3.53. The van der Waals surface area contributed by atoms with Crippen LogP contribution in [0, 0.1) is 5.41 Å². The molecule has 0 fully saturated rings. The van der Waals surface area contributed by atoms with Crippen LogP contribution in [0.3, 0.4) is 0 Å². The van der Waals surface area contributed by atoms with Gasteiger partial charge < -0.3 is 48.5 Å². The van der Waals surface area contributed by atoms with Crippen LogP contribution in [0.1, 0.15) is 112 Å². The lowest BCUT2D eigenvalue weighted by atomic mass is 9.86. The molecule has 0 bridgehead atoms. The number of carbonyl (C=O) groups is 2. The molecule has 2 aromatic rings. The fourth-order valence-electron chi connectivity index (χ4n) is 7.69. The van der Waals surface area contributed by atoms with Crippen molar-refractivity contribution in [1.82, 2.24) is 0 Å². The molecule has 3 aliphatic rings. The second-order valence-corrected chi connectivity index (χ2v) is 17.8. The highest BCUT2D eigenvalue weighted by atomic mass is 16.6. The molecule has 0 heterocycles. The first-order chi connectivity index (χ1) is 33.9. The molecular formula is C58H72O12. The fourth-order valence-corrected chi connectivity index (χ4v) is 7.69. The summed E-state index contributed by atoms with van der Waals surface area (Å²) in [7, 11) is 0. The van der Waals surface area contributed by atoms with Crippen LogP contribution in [0.2, 0.25) is 0 Å². The molecule has 0 amide bonds. The molecule has 3 aliphatic carbocycles. The maximum absolute atomic E-state index is 13.7. The van der Waals surface area contributed by atoms with E-state index in [1.165, 1.54) is 12.2 Å². The van der Waals surface area contributed by atoms with Crippen molar-refractivity contribution in [3.63, 3.8) is 0 Å². The number of aliphatic hydroxyl groups excluding tert-OH is 3. The summed E-state index contributed by atoms with van der Waals surface area (Å²) in [6.45, 7) is 16.8. The van der Waals surface area contributed by atoms with Gasteiger partial charge in [-0.15, -0.1) is 6.58 Å². The molecule has 0 aliphatic heterocycles. The molecule has 0 spiro atoms. The number of ether oxygens (including phenoxy) is 7. The predicted octanol–water partition coefficient (Wildman–Crippen LogP) is 11.0. The van der Waals surface area contributed by atoms with Gasteiger partial charge >= 0.3 is 11.9 Å². The maximum Gasteiger partial charge on any atom is 0.343 e. The summed E-state index contributed by atoms with van der Waals surface area (Å²) in [5.41, 5.74) is 3.58. The topological polar surface area (TPSA) is 159 Å². The van der Waals surface area contributed by atoms with Crippen LogP contribution in [0.25, 0.3) is 5.57 Å². The summed E-state index contributed by atoms with van der Waals surface area (Å²) in [5.74, 6) is 0.333. The molecule has 3 N–H and O–H groups in total. The number of hydrogen-bond donors (Lipinski definition) is 3. The summed E-state index contributed by atoms with van der Waals surface area (Å²) in [4.78, 5) is 24.9. The Morgan fingerprint density at radius 2 is 1.50 bits per heavy atom. The van der Waals surface area contributed by atoms with Crippen molar-refractivity contribution >= 4 is 17.5 Å². The molecule has 6 unspecified atom stereocenters. The van der Waals surface area contributed by atoms with Crippen molar-refractivity contribution in [2.24, 2.45) is 5.41 Å². The van der Waals surface area contributed by atoms with Gasteiger partial charge in [0.15, 0.2) is 12.6 Å². The molecule has 12 nitrogen and oxygen atoms in total. The van der Waals surface area contributed by atoms with E-state index >= 15 is 0 Å². The first-order valence-electron chi connectivity index (χ1n) is 24.4. The molecule has 12 heteroatoms. The molecular weight excluding hydrogens is 889 g/mol. The maximum atomic E-state index is 13.7. The largest absolute Gasteiger partial charge is 0.494 e. The van der Waals surface area contributed by atoms with Crippen molar-refractivity contribution < 1.29 is 58.1 Å². The number of hydrogen-bond acceptors (Lipinski definition) is 12. The average molecular weight is 961 g/mol. The molecule has 5 rings (SSSR count). The van der Waals surface area contributed by atoms with E-state index in [1.54, 1.807) is 43.4 Å². The van der Waals surface area contributed by atoms with Gasteiger partial charge in [-0.25, -0.2) is 9.59 Å². The van der Waals surface area contributed by atoms with E-state index < -0.39 is 36.2 Å². The smallest absolute Gasteiger partial charge is 0.343 e. The molecule has 0 saturated heterocycles. The standard InChI is InChI=1S/C58H72O12/c1-6-53(59)66-39-14-10-8-12-37-64-49-28-24-45(25-29-49)43-16-20-47(21-17-43)55(61)69-51-32-33-52(58(5,36-34-51)57(63)68-41-35-42(3)4)70-56(62)48-22-18-44(19-23-48)46-26-30-50(31-27-46)65-38-13-9-11-15-40-67-54(60)7-2/h6-7,16,18-30,32-34,36,43,50,53,55,57,59,61,63H,1-3,8-15,17,31,35,37-41H2,4-5H3. The summed E-state index contributed by atoms with van der Waals surface area (Å²) in [5, 5.41) is 32.0. The Balaban J connectivity index is 1.12. The zero-order chi connectivity index (χ0) is 50.1. The Bertz CT molecular complexity index is 2240. The van der Waals surface area contributed by atoms with Crippen molar-refractivity contribution in [2.75, 3.05) is 33.0 Å². The number of allylic oxidation sites excluding steroid dienone is 7. The molecule has 0 aromatic heterocycles. The lowest BCUT2D eigenvalue weighted by Gasteiger charge is -2.32. The third-order valence-electron chi connectivity index (χ3n) is 12.1. The van der Waals surface area contributed by atoms with Gasteiger partial charge in [-0.3, -0.25) is 0 Å². The van der Waals surface area contributed by atoms with Crippen LogP contribution in [0.15, 0.2) is 164 Å². The highest BCUT2D eigenvalue weighted by Gasteiger charge is 2.39. The molecule has 376 valence electrons. The second-order valence-electron chi connectivity index (χ2n) is 17.8. The highest BCUT2D eigenvalue weighted by molar-refractivity contribution is 5.91. The van der Waals surface area contributed by atoms with Gasteiger partial charge in [-0.1, -0.05) is 98.4 Å². The Hall–Kier alpha value is -5.86. The predicted molar refractivity (Wildman–Crippen MR) is 272 cm³/mol. The van der Waals surface area contributed by atoms with Crippen molar-refractivity contribution in [1.29, 1.82) is 0 Å². The van der Waals surface area contributed by atoms with Crippen LogP contribution < -0.4 is 4.74 Å². The number of esters is 2. The number of unbranched alkanes of at least 4 members (excludes halogenated alkanes) is 6. The van der Waals surface area contributed by atoms with E-state index in [1.807, 2.05) is 61.6 Å². The number of aliphatic hydroxyl groups is 3. The van der Waals surface area contributed by atoms with E-state index in [0.717, 1.165) is 85.8 Å². The van der Waals surface area contributed by atoms with Gasteiger partial charge in [0.2, 0.25) is 6.29 Å². The van der Waals surface area contributed by atoms with Gasteiger partial charge in [0.25, 0.3) is 0 Å². The normalized spacial score (nSPS) is 19.8. The first kappa shape index (κ1) is 55.1. The SMILES string of the molecule is C=CC(=O)OCCCCCCOC1C=CC(c2ccc(C(=O)OC3=CC=C(OC(O)C4=CCC(c5ccc(OCCCCCCOC(O)C=C)cc5)C=C4)C=CC3(C)C(O)OCCC(=C)C)cc2)=CC1. The fraction of sp³-hybridized carbons (Fsp3) is 0.414.